The highest BCUT2D eigenvalue weighted by atomic mass is 16.5. The summed E-state index contributed by atoms with van der Waals surface area (Å²) in [6.45, 7) is 0.752. The van der Waals surface area contributed by atoms with Crippen LogP contribution in [-0.4, -0.2) is 31.0 Å². The van der Waals surface area contributed by atoms with Crippen LogP contribution in [0.25, 0.3) is 0 Å². The van der Waals surface area contributed by atoms with Crippen molar-refractivity contribution in [2.75, 3.05) is 19.8 Å². The average molecular weight is 239 g/mol. The van der Waals surface area contributed by atoms with E-state index in [0.717, 1.165) is 24.7 Å². The van der Waals surface area contributed by atoms with Gasteiger partial charge in [0.15, 0.2) is 0 Å². The Morgan fingerprint density at radius 3 is 2.53 bits per heavy atom. The molecule has 0 saturated heterocycles. The van der Waals surface area contributed by atoms with Crippen molar-refractivity contribution >= 4 is 6.09 Å². The van der Waals surface area contributed by atoms with Crippen molar-refractivity contribution in [1.82, 2.24) is 5.32 Å². The molecule has 96 valence electrons. The maximum atomic E-state index is 11.2. The van der Waals surface area contributed by atoms with Crippen molar-refractivity contribution < 1.29 is 14.6 Å². The van der Waals surface area contributed by atoms with Crippen LogP contribution >= 0.6 is 0 Å². The summed E-state index contributed by atoms with van der Waals surface area (Å²) in [5, 5.41) is 11.1. The number of carbonyl (C=O) groups is 1. The van der Waals surface area contributed by atoms with Gasteiger partial charge >= 0.3 is 6.09 Å². The minimum Gasteiger partial charge on any atom is -0.449 e. The van der Waals surface area contributed by atoms with Gasteiger partial charge in [0.25, 0.3) is 0 Å². The number of hydrogen-bond donors (Lipinski definition) is 2. The number of amides is 1. The molecule has 0 aromatic carbocycles. The van der Waals surface area contributed by atoms with E-state index in [1.54, 1.807) is 0 Å². The molecule has 2 aliphatic carbocycles. The Kier molecular flexibility index (Phi) is 4.42. The molecule has 2 unspecified atom stereocenters. The first-order valence-corrected chi connectivity index (χ1v) is 6.49. The van der Waals surface area contributed by atoms with E-state index in [9.17, 15) is 4.79 Å². The van der Waals surface area contributed by atoms with Crippen LogP contribution in [0.4, 0.5) is 4.79 Å². The number of ether oxygens (including phenoxy) is 1. The Bertz CT molecular complexity index is 274. The fourth-order valence-corrected chi connectivity index (χ4v) is 2.82. The summed E-state index contributed by atoms with van der Waals surface area (Å²) in [5.41, 5.74) is 0. The van der Waals surface area contributed by atoms with Gasteiger partial charge in [-0.2, -0.15) is 0 Å². The molecule has 17 heavy (non-hydrogen) atoms. The Balaban J connectivity index is 1.66. The second-order valence-electron chi connectivity index (χ2n) is 4.87. The van der Waals surface area contributed by atoms with Crippen LogP contribution in [0, 0.1) is 17.8 Å². The molecule has 0 bridgehead atoms. The molecule has 1 saturated carbocycles. The largest absolute Gasteiger partial charge is 0.449 e. The second-order valence-corrected chi connectivity index (χ2v) is 4.87. The van der Waals surface area contributed by atoms with Gasteiger partial charge in [-0.25, -0.2) is 4.79 Å². The molecule has 0 aromatic rings. The lowest BCUT2D eigenvalue weighted by molar-refractivity contribution is 0.135. The van der Waals surface area contributed by atoms with Crippen LogP contribution in [-0.2, 0) is 4.74 Å². The first-order valence-electron chi connectivity index (χ1n) is 6.49. The summed E-state index contributed by atoms with van der Waals surface area (Å²) in [6.07, 6.45) is 8.90. The molecule has 4 nitrogen and oxygen atoms in total. The lowest BCUT2D eigenvalue weighted by Crippen LogP contribution is -2.27. The van der Waals surface area contributed by atoms with E-state index in [1.807, 2.05) is 0 Å². The molecule has 2 aliphatic rings. The molecule has 0 spiro atoms. The summed E-state index contributed by atoms with van der Waals surface area (Å²) >= 11 is 0. The van der Waals surface area contributed by atoms with Gasteiger partial charge in [-0.15, -0.1) is 0 Å². The Morgan fingerprint density at radius 1 is 1.29 bits per heavy atom. The van der Waals surface area contributed by atoms with E-state index in [-0.39, 0.29) is 13.2 Å². The van der Waals surface area contributed by atoms with Gasteiger partial charge in [-0.05, 0) is 43.4 Å². The van der Waals surface area contributed by atoms with Crippen molar-refractivity contribution in [3.05, 3.63) is 12.2 Å². The number of alkyl carbamates (subject to hydrolysis) is 1. The van der Waals surface area contributed by atoms with Gasteiger partial charge in [-0.3, -0.25) is 0 Å². The number of rotatable bonds is 4. The molecular formula is C13H21NO3. The second kappa shape index (κ2) is 6.05. The predicted molar refractivity (Wildman–Crippen MR) is 64.5 cm³/mol. The van der Waals surface area contributed by atoms with Crippen molar-refractivity contribution in [3.63, 3.8) is 0 Å². The molecule has 0 radical (unpaired) electrons. The predicted octanol–water partition coefficient (Wildman–Crippen LogP) is 1.70. The van der Waals surface area contributed by atoms with Gasteiger partial charge in [0.1, 0.15) is 0 Å². The normalized spacial score (nSPS) is 32.9. The summed E-state index contributed by atoms with van der Waals surface area (Å²) in [7, 11) is 0. The average Bonchev–Trinajstić information content (AvgIpc) is 2.94. The van der Waals surface area contributed by atoms with Crippen molar-refractivity contribution in [2.45, 2.75) is 25.7 Å². The molecule has 4 heteroatoms. The fraction of sp³-hybridized carbons (Fsp3) is 0.769. The summed E-state index contributed by atoms with van der Waals surface area (Å²) < 4.78 is 5.16. The van der Waals surface area contributed by atoms with Crippen molar-refractivity contribution in [2.24, 2.45) is 17.8 Å². The maximum Gasteiger partial charge on any atom is 0.407 e. The van der Waals surface area contributed by atoms with E-state index >= 15 is 0 Å². The SMILES string of the molecule is O=C(NCCO)OCC1C2CC/C=C/CCC21. The molecule has 1 fully saturated rings. The maximum absolute atomic E-state index is 11.2. The molecular weight excluding hydrogens is 218 g/mol. The highest BCUT2D eigenvalue weighted by molar-refractivity contribution is 5.67. The Labute approximate surface area is 102 Å². The van der Waals surface area contributed by atoms with E-state index in [2.05, 4.69) is 17.5 Å². The lowest BCUT2D eigenvalue weighted by atomic mass is 10.1. The van der Waals surface area contributed by atoms with E-state index in [4.69, 9.17) is 9.84 Å². The van der Waals surface area contributed by atoms with Crippen LogP contribution in [0.1, 0.15) is 25.7 Å². The molecule has 2 rings (SSSR count). The highest BCUT2D eigenvalue weighted by Crippen LogP contribution is 2.52. The summed E-state index contributed by atoms with van der Waals surface area (Å²) in [4.78, 5) is 11.2. The van der Waals surface area contributed by atoms with Crippen LogP contribution in [0.3, 0.4) is 0 Å². The number of allylic oxidation sites excluding steroid dienone is 2. The molecule has 2 N–H and O–H groups in total. The number of carbonyl (C=O) groups excluding carboxylic acids is 1. The standard InChI is InChI=1S/C13H21NO3/c15-8-7-14-13(16)17-9-12-10-5-3-1-2-4-6-11(10)12/h1-2,10-12,15H,3-9H2,(H,14,16)/b2-1+. The smallest absolute Gasteiger partial charge is 0.407 e. The topological polar surface area (TPSA) is 58.6 Å². The first-order chi connectivity index (χ1) is 8.33. The molecule has 1 amide bonds. The zero-order valence-corrected chi connectivity index (χ0v) is 10.1. The molecule has 0 heterocycles. The Morgan fingerprint density at radius 2 is 1.94 bits per heavy atom. The van der Waals surface area contributed by atoms with Gasteiger partial charge in [0.2, 0.25) is 0 Å². The zero-order valence-electron chi connectivity index (χ0n) is 10.1. The van der Waals surface area contributed by atoms with Gasteiger partial charge in [0.05, 0.1) is 13.2 Å². The van der Waals surface area contributed by atoms with E-state index in [1.165, 1.54) is 12.8 Å². The van der Waals surface area contributed by atoms with Gasteiger partial charge in [0, 0.05) is 6.54 Å². The minimum absolute atomic E-state index is 0.0462. The number of fused-ring (bicyclic) bond motifs is 1. The third-order valence-corrected chi connectivity index (χ3v) is 3.80. The molecule has 2 atom stereocenters. The molecule has 0 aliphatic heterocycles. The third kappa shape index (κ3) is 3.46. The Hall–Kier alpha value is -1.03. The monoisotopic (exact) mass is 239 g/mol. The van der Waals surface area contributed by atoms with Gasteiger partial charge in [-0.1, -0.05) is 12.2 Å². The summed E-state index contributed by atoms with van der Waals surface area (Å²) in [6, 6.07) is 0. The quantitative estimate of drug-likeness (QED) is 0.734. The number of aliphatic hydroxyl groups is 1. The zero-order chi connectivity index (χ0) is 12.1. The fourth-order valence-electron chi connectivity index (χ4n) is 2.82. The van der Waals surface area contributed by atoms with Crippen LogP contribution < -0.4 is 5.32 Å². The minimum atomic E-state index is -0.406. The van der Waals surface area contributed by atoms with E-state index in [0.29, 0.717) is 12.5 Å². The number of aliphatic hydroxyl groups excluding tert-OH is 1. The summed E-state index contributed by atoms with van der Waals surface area (Å²) in [5.74, 6) is 2.07. The van der Waals surface area contributed by atoms with Crippen molar-refractivity contribution in [3.8, 4) is 0 Å². The number of nitrogens with one attached hydrogen (secondary N) is 1. The third-order valence-electron chi connectivity index (χ3n) is 3.80. The van der Waals surface area contributed by atoms with Crippen molar-refractivity contribution in [1.29, 1.82) is 0 Å². The van der Waals surface area contributed by atoms with Gasteiger partial charge < -0.3 is 15.2 Å². The highest BCUT2D eigenvalue weighted by Gasteiger charge is 2.49. The molecule has 0 aromatic heterocycles. The van der Waals surface area contributed by atoms with Crippen LogP contribution in [0.5, 0.6) is 0 Å². The van der Waals surface area contributed by atoms with Crippen LogP contribution in [0.2, 0.25) is 0 Å². The first kappa shape index (κ1) is 12.4. The van der Waals surface area contributed by atoms with E-state index < -0.39 is 6.09 Å². The van der Waals surface area contributed by atoms with Crippen LogP contribution in [0.15, 0.2) is 12.2 Å². The lowest BCUT2D eigenvalue weighted by Gasteiger charge is -2.05. The number of hydrogen-bond acceptors (Lipinski definition) is 3.